The molecular formula is C20H29N3O2. The average Bonchev–Trinajstić information content (AvgIpc) is 3.13. The van der Waals surface area contributed by atoms with Gasteiger partial charge in [-0.3, -0.25) is 9.59 Å². The van der Waals surface area contributed by atoms with E-state index in [-0.39, 0.29) is 17.9 Å². The van der Waals surface area contributed by atoms with Crippen molar-refractivity contribution in [2.24, 2.45) is 5.92 Å². The highest BCUT2D eigenvalue weighted by Crippen LogP contribution is 2.29. The first-order valence-corrected chi connectivity index (χ1v) is 9.42. The number of aryl methyl sites for hydroxylation is 1. The minimum absolute atomic E-state index is 0.103. The number of nitrogens with zero attached hydrogens (tertiary/aromatic N) is 2. The molecule has 1 saturated carbocycles. The van der Waals surface area contributed by atoms with E-state index >= 15 is 0 Å². The van der Waals surface area contributed by atoms with Gasteiger partial charge >= 0.3 is 0 Å². The standard InChI is InChI=1S/C20H29N3O2/c1-15-6-5-9-18(14-15)22-10-12-23(13-11-22)20(25)19(21-16(2)24)17-7-3-4-8-17/h5-6,9,14,17,19H,3-4,7-8,10-13H2,1-2H3,(H,21,24). The van der Waals surface area contributed by atoms with E-state index in [9.17, 15) is 9.59 Å². The minimum atomic E-state index is -0.342. The van der Waals surface area contributed by atoms with Crippen LogP contribution in [-0.4, -0.2) is 48.9 Å². The van der Waals surface area contributed by atoms with Gasteiger partial charge in [0.15, 0.2) is 0 Å². The number of carbonyl (C=O) groups excluding carboxylic acids is 2. The third-order valence-electron chi connectivity index (χ3n) is 5.45. The predicted molar refractivity (Wildman–Crippen MR) is 99.5 cm³/mol. The number of amides is 2. The maximum Gasteiger partial charge on any atom is 0.245 e. The number of hydrogen-bond acceptors (Lipinski definition) is 3. The van der Waals surface area contributed by atoms with Crippen molar-refractivity contribution in [1.29, 1.82) is 0 Å². The van der Waals surface area contributed by atoms with E-state index in [0.29, 0.717) is 5.92 Å². The molecule has 5 heteroatoms. The summed E-state index contributed by atoms with van der Waals surface area (Å²) in [4.78, 5) is 28.9. The van der Waals surface area contributed by atoms with Gasteiger partial charge in [-0.15, -0.1) is 0 Å². The number of nitrogens with one attached hydrogen (secondary N) is 1. The molecule has 3 rings (SSSR count). The predicted octanol–water partition coefficient (Wildman–Crippen LogP) is 2.34. The Bertz CT molecular complexity index is 617. The quantitative estimate of drug-likeness (QED) is 0.913. The van der Waals surface area contributed by atoms with E-state index in [4.69, 9.17) is 0 Å². The van der Waals surface area contributed by atoms with E-state index in [1.807, 2.05) is 4.90 Å². The van der Waals surface area contributed by atoms with Crippen LogP contribution < -0.4 is 10.2 Å². The molecule has 1 atom stereocenters. The Morgan fingerprint density at radius 3 is 2.40 bits per heavy atom. The topological polar surface area (TPSA) is 52.7 Å². The lowest BCUT2D eigenvalue weighted by Gasteiger charge is -2.38. The van der Waals surface area contributed by atoms with Gasteiger partial charge in [-0.05, 0) is 43.4 Å². The Hall–Kier alpha value is -2.04. The van der Waals surface area contributed by atoms with Gasteiger partial charge in [0.25, 0.3) is 0 Å². The Kier molecular flexibility index (Phi) is 5.61. The zero-order valence-electron chi connectivity index (χ0n) is 15.3. The molecule has 1 saturated heterocycles. The fourth-order valence-corrected chi connectivity index (χ4v) is 4.10. The molecule has 1 aliphatic heterocycles. The van der Waals surface area contributed by atoms with Gasteiger partial charge in [-0.1, -0.05) is 25.0 Å². The molecule has 1 aromatic carbocycles. The van der Waals surface area contributed by atoms with Gasteiger partial charge in [0, 0.05) is 38.8 Å². The zero-order chi connectivity index (χ0) is 17.8. The van der Waals surface area contributed by atoms with Gasteiger partial charge in [0.2, 0.25) is 11.8 Å². The summed E-state index contributed by atoms with van der Waals surface area (Å²) >= 11 is 0. The summed E-state index contributed by atoms with van der Waals surface area (Å²) in [5.41, 5.74) is 2.48. The molecular weight excluding hydrogens is 314 g/mol. The van der Waals surface area contributed by atoms with Crippen LogP contribution in [0.25, 0.3) is 0 Å². The van der Waals surface area contributed by atoms with Gasteiger partial charge in [-0.25, -0.2) is 0 Å². The van der Waals surface area contributed by atoms with Crippen molar-refractivity contribution in [1.82, 2.24) is 10.2 Å². The van der Waals surface area contributed by atoms with Crippen LogP contribution in [0.4, 0.5) is 5.69 Å². The van der Waals surface area contributed by atoms with Crippen molar-refractivity contribution in [3.8, 4) is 0 Å². The fourth-order valence-electron chi connectivity index (χ4n) is 4.10. The minimum Gasteiger partial charge on any atom is -0.368 e. The summed E-state index contributed by atoms with van der Waals surface area (Å²) in [5.74, 6) is 0.292. The number of piperazine rings is 1. The second-order valence-electron chi connectivity index (χ2n) is 7.37. The van der Waals surface area contributed by atoms with E-state index in [1.54, 1.807) is 0 Å². The van der Waals surface area contributed by atoms with E-state index in [1.165, 1.54) is 18.2 Å². The van der Waals surface area contributed by atoms with E-state index in [2.05, 4.69) is 41.4 Å². The van der Waals surface area contributed by atoms with Crippen LogP contribution in [0.15, 0.2) is 24.3 Å². The first-order chi connectivity index (χ1) is 12.0. The Morgan fingerprint density at radius 1 is 1.12 bits per heavy atom. The summed E-state index contributed by atoms with van der Waals surface area (Å²) < 4.78 is 0. The third-order valence-corrected chi connectivity index (χ3v) is 5.45. The van der Waals surface area contributed by atoms with Gasteiger partial charge in [-0.2, -0.15) is 0 Å². The first kappa shape index (κ1) is 17.8. The lowest BCUT2D eigenvalue weighted by molar-refractivity contribution is -0.137. The van der Waals surface area contributed by atoms with Crippen LogP contribution in [0, 0.1) is 12.8 Å². The number of hydrogen-bond donors (Lipinski definition) is 1. The molecule has 0 bridgehead atoms. The molecule has 1 heterocycles. The summed E-state index contributed by atoms with van der Waals surface area (Å²) in [5, 5.41) is 2.93. The largest absolute Gasteiger partial charge is 0.368 e. The monoisotopic (exact) mass is 343 g/mol. The third kappa shape index (κ3) is 4.33. The normalized spacial score (nSPS) is 19.8. The molecule has 0 radical (unpaired) electrons. The molecule has 2 fully saturated rings. The number of benzene rings is 1. The van der Waals surface area contributed by atoms with E-state index in [0.717, 1.165) is 51.9 Å². The molecule has 1 N–H and O–H groups in total. The lowest BCUT2D eigenvalue weighted by atomic mass is 9.96. The number of rotatable bonds is 4. The van der Waals surface area contributed by atoms with Crippen molar-refractivity contribution in [3.63, 3.8) is 0 Å². The SMILES string of the molecule is CC(=O)NC(C(=O)N1CCN(c2cccc(C)c2)CC1)C1CCCC1. The number of carbonyl (C=O) groups is 2. The highest BCUT2D eigenvalue weighted by Gasteiger charge is 2.35. The first-order valence-electron chi connectivity index (χ1n) is 9.42. The van der Waals surface area contributed by atoms with Crippen molar-refractivity contribution in [2.45, 2.75) is 45.6 Å². The Balaban J connectivity index is 1.62. The molecule has 136 valence electrons. The highest BCUT2D eigenvalue weighted by molar-refractivity contribution is 5.87. The number of anilines is 1. The van der Waals surface area contributed by atoms with Gasteiger partial charge in [0.05, 0.1) is 0 Å². The van der Waals surface area contributed by atoms with Crippen molar-refractivity contribution < 1.29 is 9.59 Å². The molecule has 2 aliphatic rings. The average molecular weight is 343 g/mol. The molecule has 0 aromatic heterocycles. The van der Waals surface area contributed by atoms with Crippen LogP contribution in [0.3, 0.4) is 0 Å². The molecule has 5 nitrogen and oxygen atoms in total. The maximum absolute atomic E-state index is 13.0. The van der Waals surface area contributed by atoms with Crippen LogP contribution in [0.1, 0.15) is 38.2 Å². The zero-order valence-corrected chi connectivity index (χ0v) is 15.3. The second kappa shape index (κ2) is 7.89. The molecule has 0 spiro atoms. The van der Waals surface area contributed by atoms with Crippen LogP contribution >= 0.6 is 0 Å². The van der Waals surface area contributed by atoms with Crippen molar-refractivity contribution in [2.75, 3.05) is 31.1 Å². The second-order valence-corrected chi connectivity index (χ2v) is 7.37. The fraction of sp³-hybridized carbons (Fsp3) is 0.600. The summed E-state index contributed by atoms with van der Waals surface area (Å²) in [6.45, 7) is 6.72. The summed E-state index contributed by atoms with van der Waals surface area (Å²) in [6, 6.07) is 8.16. The molecule has 25 heavy (non-hydrogen) atoms. The smallest absolute Gasteiger partial charge is 0.245 e. The summed E-state index contributed by atoms with van der Waals surface area (Å²) in [7, 11) is 0. The molecule has 1 aromatic rings. The van der Waals surface area contributed by atoms with E-state index < -0.39 is 0 Å². The van der Waals surface area contributed by atoms with Gasteiger partial charge < -0.3 is 15.1 Å². The molecule has 1 unspecified atom stereocenters. The van der Waals surface area contributed by atoms with Crippen molar-refractivity contribution in [3.05, 3.63) is 29.8 Å². The highest BCUT2D eigenvalue weighted by atomic mass is 16.2. The van der Waals surface area contributed by atoms with Crippen molar-refractivity contribution >= 4 is 17.5 Å². The Morgan fingerprint density at radius 2 is 1.80 bits per heavy atom. The van der Waals surface area contributed by atoms with Crippen LogP contribution in [0.5, 0.6) is 0 Å². The lowest BCUT2D eigenvalue weighted by Crippen LogP contribution is -2.56. The molecule has 2 amide bonds. The van der Waals surface area contributed by atoms with Crippen LogP contribution in [0.2, 0.25) is 0 Å². The molecule has 1 aliphatic carbocycles. The van der Waals surface area contributed by atoms with Crippen LogP contribution in [-0.2, 0) is 9.59 Å². The van der Waals surface area contributed by atoms with Gasteiger partial charge in [0.1, 0.15) is 6.04 Å². The maximum atomic E-state index is 13.0. The summed E-state index contributed by atoms with van der Waals surface area (Å²) in [6.07, 6.45) is 4.41. The Labute approximate surface area is 150 Å².